The average molecular weight is 412 g/mol. The summed E-state index contributed by atoms with van der Waals surface area (Å²) in [5, 5.41) is 12.1. The zero-order valence-electron chi connectivity index (χ0n) is 19.2. The van der Waals surface area contributed by atoms with E-state index in [2.05, 4.69) is 76.9 Å². The topological polar surface area (TPSA) is 63.1 Å². The molecule has 2 aromatic rings. The maximum atomic E-state index is 12.0. The van der Waals surface area contributed by atoms with Crippen molar-refractivity contribution in [2.45, 2.75) is 73.0 Å². The predicted molar refractivity (Wildman–Crippen MR) is 120 cm³/mol. The molecule has 1 amide bonds. The van der Waals surface area contributed by atoms with Gasteiger partial charge in [0.05, 0.1) is 6.04 Å². The van der Waals surface area contributed by atoms with Crippen molar-refractivity contribution in [3.8, 4) is 0 Å². The molecule has 6 heteroatoms. The Labute approximate surface area is 181 Å². The van der Waals surface area contributed by atoms with E-state index in [0.29, 0.717) is 12.3 Å². The van der Waals surface area contributed by atoms with E-state index in [4.69, 9.17) is 0 Å². The molecule has 1 atom stereocenters. The predicted octanol–water partition coefficient (Wildman–Crippen LogP) is 3.76. The van der Waals surface area contributed by atoms with Crippen LogP contribution >= 0.6 is 0 Å². The fourth-order valence-corrected chi connectivity index (χ4v) is 4.09. The highest BCUT2D eigenvalue weighted by Crippen LogP contribution is 2.23. The Morgan fingerprint density at radius 1 is 1.03 bits per heavy atom. The molecule has 1 aliphatic heterocycles. The molecule has 0 aliphatic carbocycles. The molecule has 0 bridgehead atoms. The number of benzene rings is 1. The summed E-state index contributed by atoms with van der Waals surface area (Å²) < 4.78 is 2.23. The van der Waals surface area contributed by atoms with Crippen LogP contribution in [0.15, 0.2) is 24.3 Å². The minimum atomic E-state index is -0.0984. The van der Waals surface area contributed by atoms with Crippen molar-refractivity contribution in [3.05, 3.63) is 47.0 Å². The quantitative estimate of drug-likeness (QED) is 0.718. The van der Waals surface area contributed by atoms with Gasteiger partial charge in [-0.2, -0.15) is 0 Å². The number of carbonyl (C=O) groups is 1. The summed E-state index contributed by atoms with van der Waals surface area (Å²) in [4.78, 5) is 14.5. The van der Waals surface area contributed by atoms with Gasteiger partial charge in [-0.3, -0.25) is 9.69 Å². The first-order valence-electron chi connectivity index (χ1n) is 11.4. The first-order chi connectivity index (χ1) is 14.4. The number of rotatable bonds is 8. The molecule has 164 valence electrons. The number of fused-ring (bicyclic) bond motifs is 1. The molecular weight excluding hydrogens is 374 g/mol. The first kappa shape index (κ1) is 22.5. The number of hydrogen-bond donors (Lipinski definition) is 1. The molecule has 0 spiro atoms. The van der Waals surface area contributed by atoms with Crippen LogP contribution in [-0.4, -0.2) is 38.7 Å². The lowest BCUT2D eigenvalue weighted by molar-refractivity contribution is -0.121. The summed E-state index contributed by atoms with van der Waals surface area (Å²) in [6.45, 7) is 14.4. The molecule has 1 aromatic carbocycles. The van der Waals surface area contributed by atoms with Gasteiger partial charge in [0.25, 0.3) is 0 Å². The molecule has 0 fully saturated rings. The maximum absolute atomic E-state index is 12.0. The summed E-state index contributed by atoms with van der Waals surface area (Å²) >= 11 is 0. The first-order valence-corrected chi connectivity index (χ1v) is 11.4. The number of nitrogens with one attached hydrogen (secondary N) is 1. The second kappa shape index (κ2) is 10.2. The van der Waals surface area contributed by atoms with Crippen LogP contribution in [0.4, 0.5) is 0 Å². The Kier molecular flexibility index (Phi) is 7.64. The van der Waals surface area contributed by atoms with E-state index in [-0.39, 0.29) is 17.9 Å². The van der Waals surface area contributed by atoms with Crippen LogP contribution < -0.4 is 5.32 Å². The number of carbonyl (C=O) groups excluding carboxylic acids is 1. The standard InChI is InChI=1S/C24H37N5O/c1-6-22(30)25-23(18(4)5)24-27-26-21-11-12-28(13-14-29(21)24)16-20-9-7-19(8-10-20)15-17(2)3/h7-10,17-18,23H,6,11-16H2,1-5H3,(H,25,30). The number of aromatic nitrogens is 3. The second-order valence-corrected chi connectivity index (χ2v) is 9.21. The van der Waals surface area contributed by atoms with Gasteiger partial charge in [0.1, 0.15) is 5.82 Å². The van der Waals surface area contributed by atoms with Crippen LogP contribution in [0.2, 0.25) is 0 Å². The van der Waals surface area contributed by atoms with Gasteiger partial charge in [-0.15, -0.1) is 10.2 Å². The highest BCUT2D eigenvalue weighted by molar-refractivity contribution is 5.75. The zero-order valence-corrected chi connectivity index (χ0v) is 19.2. The molecule has 1 aliphatic rings. The van der Waals surface area contributed by atoms with Gasteiger partial charge in [0.15, 0.2) is 5.82 Å². The third kappa shape index (κ3) is 5.69. The highest BCUT2D eigenvalue weighted by atomic mass is 16.1. The third-order valence-corrected chi connectivity index (χ3v) is 5.80. The Bertz CT molecular complexity index is 825. The van der Waals surface area contributed by atoms with Gasteiger partial charge in [-0.25, -0.2) is 0 Å². The van der Waals surface area contributed by atoms with Crippen molar-refractivity contribution in [1.29, 1.82) is 0 Å². The van der Waals surface area contributed by atoms with Gasteiger partial charge < -0.3 is 9.88 Å². The summed E-state index contributed by atoms with van der Waals surface area (Å²) in [5.74, 6) is 2.92. The lowest BCUT2D eigenvalue weighted by Crippen LogP contribution is -2.34. The van der Waals surface area contributed by atoms with E-state index in [9.17, 15) is 4.79 Å². The van der Waals surface area contributed by atoms with Gasteiger partial charge in [0, 0.05) is 39.0 Å². The number of amides is 1. The Morgan fingerprint density at radius 3 is 2.37 bits per heavy atom. The van der Waals surface area contributed by atoms with Crippen LogP contribution in [0.3, 0.4) is 0 Å². The minimum absolute atomic E-state index is 0.0576. The van der Waals surface area contributed by atoms with E-state index in [1.807, 2.05) is 6.92 Å². The fraction of sp³-hybridized carbons (Fsp3) is 0.625. The fourth-order valence-electron chi connectivity index (χ4n) is 4.09. The number of hydrogen-bond acceptors (Lipinski definition) is 4. The lowest BCUT2D eigenvalue weighted by atomic mass is 10.0. The van der Waals surface area contributed by atoms with Crippen molar-refractivity contribution >= 4 is 5.91 Å². The van der Waals surface area contributed by atoms with Gasteiger partial charge in [-0.05, 0) is 29.4 Å². The summed E-state index contributed by atoms with van der Waals surface area (Å²) in [6.07, 6.45) is 2.49. The normalized spacial score (nSPS) is 15.8. The molecule has 2 heterocycles. The smallest absolute Gasteiger partial charge is 0.220 e. The van der Waals surface area contributed by atoms with Crippen LogP contribution in [0.1, 0.15) is 69.9 Å². The lowest BCUT2D eigenvalue weighted by Gasteiger charge is -2.23. The Balaban J connectivity index is 1.66. The molecule has 1 unspecified atom stereocenters. The largest absolute Gasteiger partial charge is 0.346 e. The van der Waals surface area contributed by atoms with E-state index in [1.165, 1.54) is 11.1 Å². The van der Waals surface area contributed by atoms with Crippen molar-refractivity contribution in [2.75, 3.05) is 13.1 Å². The van der Waals surface area contributed by atoms with Crippen molar-refractivity contribution in [1.82, 2.24) is 25.0 Å². The molecular formula is C24H37N5O. The third-order valence-electron chi connectivity index (χ3n) is 5.80. The van der Waals surface area contributed by atoms with E-state index in [0.717, 1.165) is 50.7 Å². The van der Waals surface area contributed by atoms with Gasteiger partial charge in [0.2, 0.25) is 5.91 Å². The van der Waals surface area contributed by atoms with Crippen molar-refractivity contribution < 1.29 is 4.79 Å². The molecule has 1 aromatic heterocycles. The van der Waals surface area contributed by atoms with Crippen LogP contribution in [0.25, 0.3) is 0 Å². The molecule has 3 rings (SSSR count). The van der Waals surface area contributed by atoms with Crippen molar-refractivity contribution in [2.24, 2.45) is 11.8 Å². The van der Waals surface area contributed by atoms with Gasteiger partial charge in [-0.1, -0.05) is 58.9 Å². The zero-order chi connectivity index (χ0) is 21.7. The van der Waals surface area contributed by atoms with E-state index >= 15 is 0 Å². The summed E-state index contributed by atoms with van der Waals surface area (Å²) in [7, 11) is 0. The summed E-state index contributed by atoms with van der Waals surface area (Å²) in [5.41, 5.74) is 2.77. The molecule has 0 radical (unpaired) electrons. The Hall–Kier alpha value is -2.21. The highest BCUT2D eigenvalue weighted by Gasteiger charge is 2.27. The number of nitrogens with zero attached hydrogens (tertiary/aromatic N) is 4. The SMILES string of the molecule is CCC(=O)NC(c1nnc2n1CCN(Cc1ccc(CC(C)C)cc1)CC2)C(C)C. The summed E-state index contributed by atoms with van der Waals surface area (Å²) in [6, 6.07) is 8.97. The molecule has 1 N–H and O–H groups in total. The minimum Gasteiger partial charge on any atom is -0.346 e. The molecule has 30 heavy (non-hydrogen) atoms. The van der Waals surface area contributed by atoms with Crippen LogP contribution in [-0.2, 0) is 30.7 Å². The van der Waals surface area contributed by atoms with E-state index in [1.54, 1.807) is 0 Å². The second-order valence-electron chi connectivity index (χ2n) is 9.21. The molecule has 6 nitrogen and oxygen atoms in total. The van der Waals surface area contributed by atoms with E-state index < -0.39 is 0 Å². The maximum Gasteiger partial charge on any atom is 0.220 e. The van der Waals surface area contributed by atoms with Crippen LogP contribution in [0.5, 0.6) is 0 Å². The Morgan fingerprint density at radius 2 is 1.73 bits per heavy atom. The molecule has 0 saturated carbocycles. The average Bonchev–Trinajstić information content (AvgIpc) is 3.00. The molecule has 0 saturated heterocycles. The monoisotopic (exact) mass is 411 g/mol. The van der Waals surface area contributed by atoms with Crippen LogP contribution in [0, 0.1) is 11.8 Å². The van der Waals surface area contributed by atoms with Gasteiger partial charge >= 0.3 is 0 Å². The van der Waals surface area contributed by atoms with Crippen molar-refractivity contribution in [3.63, 3.8) is 0 Å².